The molecule has 2 rings (SSSR count). The third kappa shape index (κ3) is 1.68. The van der Waals surface area contributed by atoms with Crippen LogP contribution in [0.25, 0.3) is 0 Å². The Labute approximate surface area is 87.0 Å². The van der Waals surface area contributed by atoms with Gasteiger partial charge in [0.1, 0.15) is 6.61 Å². The number of carbonyl (C=O) groups is 1. The molecular weight excluding hydrogens is 202 g/mol. The van der Waals surface area contributed by atoms with E-state index < -0.39 is 0 Å². The molecule has 4 heteroatoms. The van der Waals surface area contributed by atoms with Crippen molar-refractivity contribution in [2.75, 3.05) is 6.61 Å². The number of amides is 1. The fourth-order valence-corrected chi connectivity index (χ4v) is 1.81. The Bertz CT molecular complexity index is 378. The topological polar surface area (TPSA) is 38.3 Å². The monoisotopic (exact) mass is 211 g/mol. The van der Waals surface area contributed by atoms with Gasteiger partial charge in [-0.2, -0.15) is 0 Å². The van der Waals surface area contributed by atoms with E-state index in [1.165, 1.54) is 0 Å². The molecule has 0 bridgehead atoms. The molecule has 1 aliphatic rings. The number of benzene rings is 1. The molecule has 1 heterocycles. The van der Waals surface area contributed by atoms with Crippen molar-refractivity contribution in [3.05, 3.63) is 34.3 Å². The molecule has 1 aliphatic heterocycles. The minimum atomic E-state index is -0.357. The van der Waals surface area contributed by atoms with Crippen molar-refractivity contribution >= 4 is 17.7 Å². The van der Waals surface area contributed by atoms with E-state index in [0.717, 1.165) is 11.1 Å². The molecule has 0 unspecified atom stereocenters. The van der Waals surface area contributed by atoms with Crippen LogP contribution in [-0.4, -0.2) is 12.7 Å². The van der Waals surface area contributed by atoms with Gasteiger partial charge in [-0.05, 0) is 30.2 Å². The Morgan fingerprint density at radius 1 is 1.57 bits per heavy atom. The van der Waals surface area contributed by atoms with Crippen molar-refractivity contribution in [2.45, 2.75) is 13.0 Å². The van der Waals surface area contributed by atoms with Crippen LogP contribution in [0.2, 0.25) is 5.02 Å². The number of rotatable bonds is 1. The molecule has 0 spiro atoms. The molecule has 3 nitrogen and oxygen atoms in total. The van der Waals surface area contributed by atoms with Crippen molar-refractivity contribution in [1.82, 2.24) is 5.32 Å². The molecule has 1 saturated heterocycles. The molecule has 14 heavy (non-hydrogen) atoms. The van der Waals surface area contributed by atoms with E-state index in [4.69, 9.17) is 16.3 Å². The largest absolute Gasteiger partial charge is 0.447 e. The number of aryl methyl sites for hydroxylation is 1. The Morgan fingerprint density at radius 3 is 2.93 bits per heavy atom. The summed E-state index contributed by atoms with van der Waals surface area (Å²) in [6.07, 6.45) is -0.357. The summed E-state index contributed by atoms with van der Waals surface area (Å²) in [5.41, 5.74) is 2.12. The van der Waals surface area contributed by atoms with Crippen LogP contribution in [0.3, 0.4) is 0 Å². The Balaban J connectivity index is 2.28. The van der Waals surface area contributed by atoms with Gasteiger partial charge < -0.3 is 10.1 Å². The molecule has 1 N–H and O–H groups in total. The van der Waals surface area contributed by atoms with E-state index in [-0.39, 0.29) is 12.1 Å². The molecule has 0 saturated carbocycles. The standard InChI is InChI=1S/C10H10ClNO2/c1-6-4-7(11)2-3-8(6)9-5-14-10(13)12-9/h2-4,9H,5H2,1H3,(H,12,13)/t9-/m0/s1. The third-order valence-electron chi connectivity index (χ3n) is 2.28. The van der Waals surface area contributed by atoms with Crippen LogP contribution >= 0.6 is 11.6 Å². The van der Waals surface area contributed by atoms with Crippen molar-refractivity contribution < 1.29 is 9.53 Å². The highest BCUT2D eigenvalue weighted by atomic mass is 35.5. The van der Waals surface area contributed by atoms with E-state index in [9.17, 15) is 4.79 Å². The lowest BCUT2D eigenvalue weighted by molar-refractivity contribution is 0.177. The summed E-state index contributed by atoms with van der Waals surface area (Å²) in [7, 11) is 0. The van der Waals surface area contributed by atoms with Gasteiger partial charge in [-0.25, -0.2) is 4.79 Å². The van der Waals surface area contributed by atoms with Gasteiger partial charge in [0.05, 0.1) is 6.04 Å². The highest BCUT2D eigenvalue weighted by Gasteiger charge is 2.24. The molecule has 74 valence electrons. The summed E-state index contributed by atoms with van der Waals surface area (Å²) >= 11 is 5.83. The van der Waals surface area contributed by atoms with Crippen LogP contribution in [-0.2, 0) is 4.74 Å². The Kier molecular flexibility index (Phi) is 2.33. The average Bonchev–Trinajstić information content (AvgIpc) is 2.51. The smallest absolute Gasteiger partial charge is 0.407 e. The second kappa shape index (κ2) is 3.50. The van der Waals surface area contributed by atoms with E-state index >= 15 is 0 Å². The molecule has 1 fully saturated rings. The number of carbonyl (C=O) groups excluding carboxylic acids is 1. The highest BCUT2D eigenvalue weighted by molar-refractivity contribution is 6.30. The molecule has 0 radical (unpaired) electrons. The van der Waals surface area contributed by atoms with Crippen LogP contribution in [0.15, 0.2) is 18.2 Å². The fraction of sp³-hybridized carbons (Fsp3) is 0.300. The second-order valence-corrected chi connectivity index (χ2v) is 3.73. The number of ether oxygens (including phenoxy) is 1. The van der Waals surface area contributed by atoms with Gasteiger partial charge >= 0.3 is 6.09 Å². The maximum Gasteiger partial charge on any atom is 0.407 e. The van der Waals surface area contributed by atoms with Gasteiger partial charge in [0.2, 0.25) is 0 Å². The minimum Gasteiger partial charge on any atom is -0.447 e. The second-order valence-electron chi connectivity index (χ2n) is 3.30. The third-order valence-corrected chi connectivity index (χ3v) is 2.52. The van der Waals surface area contributed by atoms with Crippen LogP contribution in [0.5, 0.6) is 0 Å². The van der Waals surface area contributed by atoms with Gasteiger partial charge in [0.25, 0.3) is 0 Å². The van der Waals surface area contributed by atoms with Crippen molar-refractivity contribution in [3.63, 3.8) is 0 Å². The van der Waals surface area contributed by atoms with Crippen molar-refractivity contribution in [3.8, 4) is 0 Å². The predicted octanol–water partition coefficient (Wildman–Crippen LogP) is 2.43. The number of halogens is 1. The molecule has 1 amide bonds. The summed E-state index contributed by atoms with van der Waals surface area (Å²) in [5, 5.41) is 3.43. The van der Waals surface area contributed by atoms with Crippen molar-refractivity contribution in [2.24, 2.45) is 0 Å². The fourth-order valence-electron chi connectivity index (χ4n) is 1.58. The molecule has 1 atom stereocenters. The number of alkyl carbamates (subject to hydrolysis) is 1. The summed E-state index contributed by atoms with van der Waals surface area (Å²) in [6, 6.07) is 5.56. The average molecular weight is 212 g/mol. The highest BCUT2D eigenvalue weighted by Crippen LogP contribution is 2.24. The van der Waals surface area contributed by atoms with Crippen molar-refractivity contribution in [1.29, 1.82) is 0 Å². The maximum atomic E-state index is 10.8. The first-order valence-corrected chi connectivity index (χ1v) is 4.74. The normalized spacial score (nSPS) is 20.4. The number of hydrogen-bond acceptors (Lipinski definition) is 2. The molecule has 0 aliphatic carbocycles. The maximum absolute atomic E-state index is 10.8. The number of hydrogen-bond donors (Lipinski definition) is 1. The van der Waals surface area contributed by atoms with Crippen LogP contribution < -0.4 is 5.32 Å². The van der Waals surface area contributed by atoms with Gasteiger partial charge in [-0.15, -0.1) is 0 Å². The lowest BCUT2D eigenvalue weighted by Gasteiger charge is -2.10. The first kappa shape index (κ1) is 9.34. The Morgan fingerprint density at radius 2 is 2.36 bits per heavy atom. The molecule has 1 aromatic carbocycles. The molecular formula is C10H10ClNO2. The van der Waals surface area contributed by atoms with Gasteiger partial charge in [-0.1, -0.05) is 17.7 Å². The van der Waals surface area contributed by atoms with Crippen LogP contribution in [0.1, 0.15) is 17.2 Å². The SMILES string of the molecule is Cc1cc(Cl)ccc1[C@@H]1COC(=O)N1. The number of nitrogens with one attached hydrogen (secondary N) is 1. The summed E-state index contributed by atoms with van der Waals surface area (Å²) in [5.74, 6) is 0. The van der Waals surface area contributed by atoms with E-state index in [1.54, 1.807) is 0 Å². The van der Waals surface area contributed by atoms with Crippen LogP contribution in [0, 0.1) is 6.92 Å². The minimum absolute atomic E-state index is 0.0419. The summed E-state index contributed by atoms with van der Waals surface area (Å²) in [6.45, 7) is 2.35. The predicted molar refractivity (Wildman–Crippen MR) is 53.4 cm³/mol. The van der Waals surface area contributed by atoms with E-state index in [1.807, 2.05) is 25.1 Å². The first-order chi connectivity index (χ1) is 6.66. The van der Waals surface area contributed by atoms with E-state index in [0.29, 0.717) is 11.6 Å². The lowest BCUT2D eigenvalue weighted by Crippen LogP contribution is -2.18. The van der Waals surface area contributed by atoms with Gasteiger partial charge in [-0.3, -0.25) is 0 Å². The lowest BCUT2D eigenvalue weighted by atomic mass is 10.0. The zero-order valence-electron chi connectivity index (χ0n) is 7.71. The van der Waals surface area contributed by atoms with Gasteiger partial charge in [0, 0.05) is 5.02 Å². The first-order valence-electron chi connectivity index (χ1n) is 4.36. The zero-order valence-corrected chi connectivity index (χ0v) is 8.47. The van der Waals surface area contributed by atoms with Crippen LogP contribution in [0.4, 0.5) is 4.79 Å². The molecule has 1 aromatic rings. The molecule has 0 aromatic heterocycles. The zero-order chi connectivity index (χ0) is 10.1. The summed E-state index contributed by atoms with van der Waals surface area (Å²) < 4.78 is 4.82. The quantitative estimate of drug-likeness (QED) is 0.775. The number of cyclic esters (lactones) is 1. The summed E-state index contributed by atoms with van der Waals surface area (Å²) in [4.78, 5) is 10.8. The Hall–Kier alpha value is -1.22. The van der Waals surface area contributed by atoms with E-state index in [2.05, 4.69) is 5.32 Å². The van der Waals surface area contributed by atoms with Gasteiger partial charge in [0.15, 0.2) is 0 Å².